The van der Waals surface area contributed by atoms with E-state index in [-0.39, 0.29) is 5.92 Å². The molecular formula is C7H17FSi. The summed E-state index contributed by atoms with van der Waals surface area (Å²) in [6, 6.07) is 0. The Morgan fingerprint density at radius 1 is 1.56 bits per heavy atom. The maximum Gasteiger partial charge on any atom is 0.0919 e. The molecule has 0 aromatic rings. The van der Waals surface area contributed by atoms with Crippen molar-refractivity contribution < 1.29 is 4.39 Å². The second kappa shape index (κ2) is 3.35. The molecule has 0 radical (unpaired) electrons. The smallest absolute Gasteiger partial charge is 0.0919 e. The van der Waals surface area contributed by atoms with Gasteiger partial charge in [0.1, 0.15) is 0 Å². The lowest BCUT2D eigenvalue weighted by atomic mass is 10.0. The Bertz CT molecular complexity index is 81.0. The highest BCUT2D eigenvalue weighted by molar-refractivity contribution is 6.14. The fourth-order valence-electron chi connectivity index (χ4n) is 0.774. The van der Waals surface area contributed by atoms with Crippen LogP contribution in [-0.4, -0.2) is 15.5 Å². The van der Waals surface area contributed by atoms with E-state index in [1.165, 1.54) is 0 Å². The van der Waals surface area contributed by atoms with Gasteiger partial charge in [0, 0.05) is 0 Å². The lowest BCUT2D eigenvalue weighted by Crippen LogP contribution is -2.30. The standard InChI is InChI=1S/C7H17FSi/c1-4-6(3)7(8,9)5-2/h6H,4-5H2,1-3,9H3. The molecule has 0 amide bonds. The average molecular weight is 148 g/mol. The first kappa shape index (κ1) is 9.15. The van der Waals surface area contributed by atoms with Gasteiger partial charge < -0.3 is 0 Å². The van der Waals surface area contributed by atoms with E-state index in [9.17, 15) is 4.39 Å². The monoisotopic (exact) mass is 148 g/mol. The third-order valence-corrected chi connectivity index (χ3v) is 4.02. The zero-order valence-corrected chi connectivity index (χ0v) is 8.87. The topological polar surface area (TPSA) is 0 Å². The highest BCUT2D eigenvalue weighted by Gasteiger charge is 2.26. The van der Waals surface area contributed by atoms with Gasteiger partial charge >= 0.3 is 0 Å². The van der Waals surface area contributed by atoms with Crippen molar-refractivity contribution in [2.24, 2.45) is 5.92 Å². The van der Waals surface area contributed by atoms with Gasteiger partial charge in [-0.05, 0) is 12.3 Å². The second-order valence-electron chi connectivity index (χ2n) is 2.94. The van der Waals surface area contributed by atoms with Crippen LogP contribution >= 0.6 is 0 Å². The van der Waals surface area contributed by atoms with Crippen molar-refractivity contribution in [1.29, 1.82) is 0 Å². The number of halogens is 1. The van der Waals surface area contributed by atoms with Crippen molar-refractivity contribution in [3.8, 4) is 0 Å². The van der Waals surface area contributed by atoms with E-state index in [0.29, 0.717) is 16.7 Å². The quantitative estimate of drug-likeness (QED) is 0.532. The molecule has 2 unspecified atom stereocenters. The van der Waals surface area contributed by atoms with E-state index in [4.69, 9.17) is 0 Å². The van der Waals surface area contributed by atoms with Gasteiger partial charge in [0.25, 0.3) is 0 Å². The largest absolute Gasteiger partial charge is 0.249 e. The molecule has 0 saturated heterocycles. The highest BCUT2D eigenvalue weighted by atomic mass is 28.1. The average Bonchev–Trinajstić information content (AvgIpc) is 1.86. The first-order chi connectivity index (χ1) is 4.04. The van der Waals surface area contributed by atoms with Gasteiger partial charge in [-0.1, -0.05) is 27.2 Å². The van der Waals surface area contributed by atoms with Crippen LogP contribution in [0.15, 0.2) is 0 Å². The Hall–Kier alpha value is 0.147. The summed E-state index contributed by atoms with van der Waals surface area (Å²) in [5.41, 5.74) is 0. The van der Waals surface area contributed by atoms with Crippen LogP contribution in [0.5, 0.6) is 0 Å². The number of hydrogen-bond donors (Lipinski definition) is 0. The molecule has 0 bridgehead atoms. The summed E-state index contributed by atoms with van der Waals surface area (Å²) in [5.74, 6) is 0.258. The van der Waals surface area contributed by atoms with Gasteiger partial charge in [-0.15, -0.1) is 0 Å². The van der Waals surface area contributed by atoms with Crippen molar-refractivity contribution in [1.82, 2.24) is 0 Å². The molecule has 0 nitrogen and oxygen atoms in total. The maximum absolute atomic E-state index is 13.3. The van der Waals surface area contributed by atoms with Gasteiger partial charge in [0.15, 0.2) is 0 Å². The summed E-state index contributed by atoms with van der Waals surface area (Å²) < 4.78 is 13.3. The summed E-state index contributed by atoms with van der Waals surface area (Å²) in [7, 11) is 0.676. The molecule has 2 heteroatoms. The molecule has 0 fully saturated rings. The Balaban J connectivity index is 3.80. The molecule has 0 aliphatic heterocycles. The molecular weight excluding hydrogens is 131 g/mol. The molecule has 0 aliphatic carbocycles. The number of alkyl halides is 1. The minimum atomic E-state index is -0.811. The van der Waals surface area contributed by atoms with E-state index >= 15 is 0 Å². The Morgan fingerprint density at radius 2 is 2.00 bits per heavy atom. The first-order valence-corrected chi connectivity index (χ1v) is 4.73. The second-order valence-corrected chi connectivity index (χ2v) is 4.60. The molecule has 0 saturated carbocycles. The lowest BCUT2D eigenvalue weighted by Gasteiger charge is -2.24. The number of hydrogen-bond acceptors (Lipinski definition) is 0. The van der Waals surface area contributed by atoms with Crippen molar-refractivity contribution in [3.05, 3.63) is 0 Å². The van der Waals surface area contributed by atoms with Gasteiger partial charge in [-0.25, -0.2) is 4.39 Å². The zero-order valence-electron chi connectivity index (χ0n) is 6.87. The fraction of sp³-hybridized carbons (Fsp3) is 1.00. The zero-order chi connectivity index (χ0) is 7.49. The Morgan fingerprint density at radius 3 is 2.11 bits per heavy atom. The predicted octanol–water partition coefficient (Wildman–Crippen LogP) is 1.47. The molecule has 0 rings (SSSR count). The number of rotatable bonds is 3. The minimum Gasteiger partial charge on any atom is -0.249 e. The van der Waals surface area contributed by atoms with Crippen molar-refractivity contribution in [3.63, 3.8) is 0 Å². The van der Waals surface area contributed by atoms with Crippen LogP contribution in [0.2, 0.25) is 0 Å². The van der Waals surface area contributed by atoms with Crippen LogP contribution in [0.4, 0.5) is 4.39 Å². The summed E-state index contributed by atoms with van der Waals surface area (Å²) in [4.78, 5) is 0. The van der Waals surface area contributed by atoms with Crippen LogP contribution < -0.4 is 0 Å². The van der Waals surface area contributed by atoms with Crippen LogP contribution in [0, 0.1) is 5.92 Å². The van der Waals surface area contributed by atoms with Crippen LogP contribution in [0.25, 0.3) is 0 Å². The van der Waals surface area contributed by atoms with Gasteiger partial charge in [-0.2, -0.15) is 0 Å². The third-order valence-electron chi connectivity index (χ3n) is 2.33. The highest BCUT2D eigenvalue weighted by Crippen LogP contribution is 2.24. The first-order valence-electron chi connectivity index (χ1n) is 3.73. The molecule has 2 atom stereocenters. The maximum atomic E-state index is 13.3. The molecule has 0 aromatic carbocycles. The molecule has 0 spiro atoms. The van der Waals surface area contributed by atoms with E-state index in [1.807, 2.05) is 20.8 Å². The van der Waals surface area contributed by atoms with E-state index in [0.717, 1.165) is 6.42 Å². The summed E-state index contributed by atoms with van der Waals surface area (Å²) >= 11 is 0. The van der Waals surface area contributed by atoms with Crippen molar-refractivity contribution >= 4 is 10.2 Å². The van der Waals surface area contributed by atoms with Crippen LogP contribution in [0.1, 0.15) is 33.6 Å². The molecule has 9 heavy (non-hydrogen) atoms. The molecule has 0 aromatic heterocycles. The van der Waals surface area contributed by atoms with Gasteiger partial charge in [-0.3, -0.25) is 0 Å². The summed E-state index contributed by atoms with van der Waals surface area (Å²) in [6.45, 7) is 5.97. The van der Waals surface area contributed by atoms with Crippen LogP contribution in [0.3, 0.4) is 0 Å². The van der Waals surface area contributed by atoms with Gasteiger partial charge in [0.2, 0.25) is 0 Å². The van der Waals surface area contributed by atoms with Crippen molar-refractivity contribution in [2.75, 3.05) is 0 Å². The molecule has 0 heterocycles. The Labute approximate surface area is 60.3 Å². The molecule has 0 aliphatic rings. The molecule has 0 N–H and O–H groups in total. The van der Waals surface area contributed by atoms with E-state index < -0.39 is 5.29 Å². The van der Waals surface area contributed by atoms with Crippen molar-refractivity contribution in [2.45, 2.75) is 38.9 Å². The predicted molar refractivity (Wildman–Crippen MR) is 43.5 cm³/mol. The van der Waals surface area contributed by atoms with E-state index in [1.54, 1.807) is 0 Å². The summed E-state index contributed by atoms with van der Waals surface area (Å²) in [6.07, 6.45) is 1.65. The SMILES string of the molecule is CCC(C)C(F)([SiH3])CC. The minimum absolute atomic E-state index is 0.258. The van der Waals surface area contributed by atoms with Gasteiger partial charge in [0.05, 0.1) is 15.5 Å². The summed E-state index contributed by atoms with van der Waals surface area (Å²) in [5, 5.41) is -0.811. The van der Waals surface area contributed by atoms with Crippen LogP contribution in [-0.2, 0) is 0 Å². The third kappa shape index (κ3) is 2.48. The normalized spacial score (nSPS) is 21.3. The molecule has 56 valence electrons. The lowest BCUT2D eigenvalue weighted by molar-refractivity contribution is 0.179. The fourth-order valence-corrected chi connectivity index (χ4v) is 1.18. The Kier molecular flexibility index (Phi) is 3.40. The van der Waals surface area contributed by atoms with E-state index in [2.05, 4.69) is 0 Å².